The van der Waals surface area contributed by atoms with Gasteiger partial charge in [-0.1, -0.05) is 44.5 Å². The quantitative estimate of drug-likeness (QED) is 0.660. The van der Waals surface area contributed by atoms with Gasteiger partial charge < -0.3 is 4.74 Å². The molecule has 0 spiro atoms. The Labute approximate surface area is 136 Å². The van der Waals surface area contributed by atoms with Crippen molar-refractivity contribution in [1.29, 1.82) is 0 Å². The fourth-order valence-electron chi connectivity index (χ4n) is 2.28. The molecule has 0 bridgehead atoms. The Morgan fingerprint density at radius 1 is 1.41 bits per heavy atom. The van der Waals surface area contributed by atoms with E-state index in [-0.39, 0.29) is 5.41 Å². The molecule has 118 valence electrons. The lowest BCUT2D eigenvalue weighted by Crippen LogP contribution is -2.14. The minimum Gasteiger partial charge on any atom is -0.485 e. The van der Waals surface area contributed by atoms with Crippen LogP contribution in [0, 0.1) is 11.7 Å². The molecular formula is C17H23N3OS. The average molecular weight is 317 g/mol. The number of ether oxygens (including phenoxy) is 1. The second-order valence-electron chi connectivity index (χ2n) is 6.38. The van der Waals surface area contributed by atoms with E-state index in [9.17, 15) is 0 Å². The van der Waals surface area contributed by atoms with E-state index in [1.54, 1.807) is 6.08 Å². The summed E-state index contributed by atoms with van der Waals surface area (Å²) in [5.41, 5.74) is 2.44. The van der Waals surface area contributed by atoms with Crippen LogP contribution in [0.4, 0.5) is 0 Å². The van der Waals surface area contributed by atoms with Crippen LogP contribution < -0.4 is 4.74 Å². The second kappa shape index (κ2) is 6.48. The first-order chi connectivity index (χ1) is 10.3. The molecule has 0 atom stereocenters. The van der Waals surface area contributed by atoms with Crippen LogP contribution in [0.3, 0.4) is 0 Å². The van der Waals surface area contributed by atoms with Crippen LogP contribution in [-0.4, -0.2) is 14.8 Å². The number of nitrogens with zero attached hydrogens (tertiary/aromatic N) is 2. The molecule has 4 nitrogen and oxygen atoms in total. The molecular weight excluding hydrogens is 294 g/mol. The fraction of sp³-hybridized carbons (Fsp3) is 0.412. The van der Waals surface area contributed by atoms with Gasteiger partial charge in [0.05, 0.1) is 0 Å². The number of allylic oxidation sites excluding steroid dienone is 1. The Morgan fingerprint density at radius 3 is 2.77 bits per heavy atom. The summed E-state index contributed by atoms with van der Waals surface area (Å²) in [4.78, 5) is 0. The summed E-state index contributed by atoms with van der Waals surface area (Å²) in [6.45, 7) is 13.4. The third-order valence-electron chi connectivity index (χ3n) is 3.45. The third kappa shape index (κ3) is 3.65. The molecule has 1 heterocycles. The number of aromatic amines is 1. The molecule has 1 aromatic heterocycles. The zero-order valence-electron chi connectivity index (χ0n) is 13.6. The Kier molecular flexibility index (Phi) is 4.86. The van der Waals surface area contributed by atoms with E-state index >= 15 is 0 Å². The maximum atomic E-state index is 6.02. The van der Waals surface area contributed by atoms with E-state index in [0.717, 1.165) is 11.6 Å². The molecule has 22 heavy (non-hydrogen) atoms. The molecule has 1 N–H and O–H groups in total. The number of benzene rings is 1. The first kappa shape index (κ1) is 16.5. The molecule has 0 unspecified atom stereocenters. The summed E-state index contributed by atoms with van der Waals surface area (Å²) >= 11 is 5.21. The summed E-state index contributed by atoms with van der Waals surface area (Å²) in [7, 11) is 0. The highest BCUT2D eigenvalue weighted by Gasteiger charge is 2.19. The van der Waals surface area contributed by atoms with Crippen molar-refractivity contribution in [3.63, 3.8) is 0 Å². The summed E-state index contributed by atoms with van der Waals surface area (Å²) in [6.07, 6.45) is 1.79. The Bertz CT molecular complexity index is 722. The number of hydrogen-bond donors (Lipinski definition) is 1. The predicted octanol–water partition coefficient (Wildman–Crippen LogP) is 4.31. The van der Waals surface area contributed by atoms with Crippen molar-refractivity contribution < 1.29 is 4.74 Å². The topological polar surface area (TPSA) is 42.8 Å². The van der Waals surface area contributed by atoms with Crippen LogP contribution in [0.15, 0.2) is 30.9 Å². The normalized spacial score (nSPS) is 11.5. The van der Waals surface area contributed by atoms with Crippen molar-refractivity contribution in [3.8, 4) is 5.75 Å². The van der Waals surface area contributed by atoms with Crippen molar-refractivity contribution in [2.75, 3.05) is 0 Å². The second-order valence-corrected chi connectivity index (χ2v) is 6.77. The van der Waals surface area contributed by atoms with Gasteiger partial charge >= 0.3 is 0 Å². The molecule has 0 aliphatic rings. The van der Waals surface area contributed by atoms with Crippen LogP contribution in [0.2, 0.25) is 0 Å². The van der Waals surface area contributed by atoms with Crippen molar-refractivity contribution in [2.24, 2.45) is 0 Å². The number of aryl methyl sites for hydroxylation is 1. The highest BCUT2D eigenvalue weighted by molar-refractivity contribution is 7.71. The number of rotatable bonds is 5. The monoisotopic (exact) mass is 317 g/mol. The van der Waals surface area contributed by atoms with Crippen molar-refractivity contribution >= 4 is 12.2 Å². The Balaban J connectivity index is 2.26. The van der Waals surface area contributed by atoms with Gasteiger partial charge in [-0.15, -0.1) is 6.58 Å². The van der Waals surface area contributed by atoms with Gasteiger partial charge in [-0.2, -0.15) is 5.10 Å². The number of H-pyrrole nitrogens is 1. The standard InChI is InChI=1S/C17H23N3OS/c1-6-9-20-15(18-19-16(20)22)11-21-14-8-7-12(2)10-13(14)17(3,4)5/h6-8,10H,1,9,11H2,2-5H3,(H,19,22). The maximum absolute atomic E-state index is 6.02. The molecule has 0 radical (unpaired) electrons. The first-order valence-electron chi connectivity index (χ1n) is 7.32. The molecule has 2 rings (SSSR count). The summed E-state index contributed by atoms with van der Waals surface area (Å²) in [5, 5.41) is 7.03. The fourth-order valence-corrected chi connectivity index (χ4v) is 2.50. The van der Waals surface area contributed by atoms with Crippen LogP contribution in [0.5, 0.6) is 5.75 Å². The van der Waals surface area contributed by atoms with Gasteiger partial charge in [-0.25, -0.2) is 0 Å². The molecule has 0 saturated carbocycles. The highest BCUT2D eigenvalue weighted by atomic mass is 32.1. The predicted molar refractivity (Wildman–Crippen MR) is 91.8 cm³/mol. The lowest BCUT2D eigenvalue weighted by Gasteiger charge is -2.23. The number of nitrogens with one attached hydrogen (secondary N) is 1. The zero-order chi connectivity index (χ0) is 16.3. The van der Waals surface area contributed by atoms with Crippen LogP contribution in [-0.2, 0) is 18.6 Å². The van der Waals surface area contributed by atoms with Gasteiger partial charge in [0.15, 0.2) is 10.6 Å². The molecule has 0 amide bonds. The lowest BCUT2D eigenvalue weighted by atomic mass is 9.85. The van der Waals surface area contributed by atoms with Crippen LogP contribution in [0.1, 0.15) is 37.7 Å². The van der Waals surface area contributed by atoms with E-state index in [0.29, 0.717) is 17.9 Å². The largest absolute Gasteiger partial charge is 0.485 e. The summed E-state index contributed by atoms with van der Waals surface area (Å²) in [6, 6.07) is 6.26. The highest BCUT2D eigenvalue weighted by Crippen LogP contribution is 2.32. The van der Waals surface area contributed by atoms with Crippen LogP contribution in [0.25, 0.3) is 0 Å². The summed E-state index contributed by atoms with van der Waals surface area (Å²) < 4.78 is 8.49. The van der Waals surface area contributed by atoms with Gasteiger partial charge in [0.1, 0.15) is 12.4 Å². The maximum Gasteiger partial charge on any atom is 0.195 e. The molecule has 1 aromatic carbocycles. The van der Waals surface area contributed by atoms with E-state index in [2.05, 4.69) is 56.6 Å². The van der Waals surface area contributed by atoms with Crippen molar-refractivity contribution in [3.05, 3.63) is 52.6 Å². The summed E-state index contributed by atoms with van der Waals surface area (Å²) in [5.74, 6) is 1.66. The van der Waals surface area contributed by atoms with E-state index in [4.69, 9.17) is 17.0 Å². The molecule has 0 aliphatic carbocycles. The number of hydrogen-bond acceptors (Lipinski definition) is 3. The smallest absolute Gasteiger partial charge is 0.195 e. The molecule has 0 aliphatic heterocycles. The van der Waals surface area contributed by atoms with Crippen molar-refractivity contribution in [2.45, 2.75) is 46.3 Å². The molecule has 5 heteroatoms. The molecule has 2 aromatic rings. The van der Waals surface area contributed by atoms with Crippen LogP contribution >= 0.6 is 12.2 Å². The van der Waals surface area contributed by atoms with E-state index in [1.807, 2.05) is 10.6 Å². The van der Waals surface area contributed by atoms with Gasteiger partial charge in [-0.05, 0) is 36.2 Å². The minimum absolute atomic E-state index is 0.0210. The molecule has 0 fully saturated rings. The van der Waals surface area contributed by atoms with Gasteiger partial charge in [-0.3, -0.25) is 9.67 Å². The van der Waals surface area contributed by atoms with E-state index < -0.39 is 0 Å². The average Bonchev–Trinajstić information content (AvgIpc) is 2.78. The Hall–Kier alpha value is -1.88. The zero-order valence-corrected chi connectivity index (χ0v) is 14.5. The Morgan fingerprint density at radius 2 is 2.14 bits per heavy atom. The van der Waals surface area contributed by atoms with Gasteiger partial charge in [0.25, 0.3) is 0 Å². The first-order valence-corrected chi connectivity index (χ1v) is 7.72. The minimum atomic E-state index is 0.0210. The third-order valence-corrected chi connectivity index (χ3v) is 3.76. The van der Waals surface area contributed by atoms with Gasteiger partial charge in [0.2, 0.25) is 0 Å². The van der Waals surface area contributed by atoms with Crippen molar-refractivity contribution in [1.82, 2.24) is 14.8 Å². The SMILES string of the molecule is C=CCn1c(COc2ccc(C)cc2C(C)(C)C)n[nH]c1=S. The van der Waals surface area contributed by atoms with Gasteiger partial charge in [0, 0.05) is 6.54 Å². The lowest BCUT2D eigenvalue weighted by molar-refractivity contribution is 0.282. The number of aromatic nitrogens is 3. The molecule has 0 saturated heterocycles. The van der Waals surface area contributed by atoms with E-state index in [1.165, 1.54) is 11.1 Å².